The van der Waals surface area contributed by atoms with Gasteiger partial charge in [0.2, 0.25) is 0 Å². The first-order valence-electron chi connectivity index (χ1n) is 5.76. The Balaban J connectivity index is 2.02. The van der Waals surface area contributed by atoms with Gasteiger partial charge in [0.25, 0.3) is 0 Å². The van der Waals surface area contributed by atoms with Crippen LogP contribution in [-0.4, -0.2) is 36.3 Å². The summed E-state index contributed by atoms with van der Waals surface area (Å²) in [4.78, 5) is 14.5. The summed E-state index contributed by atoms with van der Waals surface area (Å²) in [5.41, 5.74) is 0.0695. The van der Waals surface area contributed by atoms with Gasteiger partial charge in [-0.25, -0.2) is 0 Å². The Kier molecular flexibility index (Phi) is 3.84. The Hall–Kier alpha value is -1.50. The van der Waals surface area contributed by atoms with Crippen molar-refractivity contribution in [3.8, 4) is 0 Å². The summed E-state index contributed by atoms with van der Waals surface area (Å²) in [5.74, 6) is 0. The van der Waals surface area contributed by atoms with E-state index in [2.05, 4.69) is 12.6 Å². The first-order valence-corrected chi connectivity index (χ1v) is 6.17. The molecule has 0 N–H and O–H groups in total. The predicted molar refractivity (Wildman–Crippen MR) is 68.0 cm³/mol. The number of carbonyl (C=O) groups excluding carboxylic acids is 1. The van der Waals surface area contributed by atoms with E-state index >= 15 is 0 Å². The van der Waals surface area contributed by atoms with Gasteiger partial charge >= 0.3 is 6.18 Å². The quantitative estimate of drug-likeness (QED) is 0.742. The second-order valence-corrected chi connectivity index (χ2v) is 4.63. The molecule has 0 spiro atoms. The molecule has 1 amide bonds. The minimum atomic E-state index is -4.31. The summed E-state index contributed by atoms with van der Waals surface area (Å²) in [7, 11) is 0. The van der Waals surface area contributed by atoms with E-state index in [1.165, 1.54) is 12.1 Å². The Bertz CT molecular complexity index is 453. The molecule has 0 unspecified atom stereocenters. The van der Waals surface area contributed by atoms with Gasteiger partial charge in [0.05, 0.1) is 5.56 Å². The van der Waals surface area contributed by atoms with E-state index < -0.39 is 11.7 Å². The molecule has 2 rings (SSSR count). The second kappa shape index (κ2) is 5.24. The smallest absolute Gasteiger partial charge is 0.416 e. The van der Waals surface area contributed by atoms with Gasteiger partial charge in [-0.05, 0) is 24.3 Å². The molecule has 0 saturated carbocycles. The highest BCUT2D eigenvalue weighted by Crippen LogP contribution is 2.30. The molecular formula is C12H12F3N2OS-. The molecule has 1 saturated heterocycles. The van der Waals surface area contributed by atoms with Gasteiger partial charge in [0.1, 0.15) is 5.24 Å². The molecular weight excluding hydrogens is 277 g/mol. The lowest BCUT2D eigenvalue weighted by molar-refractivity contribution is -0.137. The molecule has 104 valence electrons. The van der Waals surface area contributed by atoms with Gasteiger partial charge < -0.3 is 27.2 Å². The molecule has 1 heterocycles. The maximum atomic E-state index is 12.4. The van der Waals surface area contributed by atoms with Crippen molar-refractivity contribution in [1.82, 2.24) is 4.90 Å². The number of hydrogen-bond donors (Lipinski definition) is 0. The van der Waals surface area contributed by atoms with Crippen LogP contribution in [0.3, 0.4) is 0 Å². The van der Waals surface area contributed by atoms with Crippen molar-refractivity contribution in [1.29, 1.82) is 0 Å². The summed E-state index contributed by atoms with van der Waals surface area (Å²) < 4.78 is 37.3. The van der Waals surface area contributed by atoms with Crippen molar-refractivity contribution >= 4 is 23.6 Å². The maximum Gasteiger partial charge on any atom is 0.416 e. The molecule has 1 aliphatic rings. The van der Waals surface area contributed by atoms with Crippen molar-refractivity contribution in [2.24, 2.45) is 0 Å². The Morgan fingerprint density at radius 1 is 1.05 bits per heavy atom. The highest BCUT2D eigenvalue weighted by molar-refractivity contribution is 7.76. The van der Waals surface area contributed by atoms with Crippen LogP contribution in [0.25, 0.3) is 0 Å². The van der Waals surface area contributed by atoms with Crippen LogP contribution in [0.1, 0.15) is 5.56 Å². The number of nitrogens with zero attached hydrogens (tertiary/aromatic N) is 2. The van der Waals surface area contributed by atoms with E-state index in [4.69, 9.17) is 0 Å². The molecule has 1 aromatic carbocycles. The Labute approximate surface area is 114 Å². The molecule has 0 radical (unpaired) electrons. The van der Waals surface area contributed by atoms with Crippen LogP contribution in [0.2, 0.25) is 0 Å². The topological polar surface area (TPSA) is 23.6 Å². The average Bonchev–Trinajstić information content (AvgIpc) is 2.38. The summed E-state index contributed by atoms with van der Waals surface area (Å²) >= 11 is 4.56. The van der Waals surface area contributed by atoms with E-state index in [9.17, 15) is 18.0 Å². The molecule has 19 heavy (non-hydrogen) atoms. The van der Waals surface area contributed by atoms with Crippen LogP contribution in [0, 0.1) is 0 Å². The lowest BCUT2D eigenvalue weighted by Gasteiger charge is -2.38. The van der Waals surface area contributed by atoms with Gasteiger partial charge in [-0.2, -0.15) is 13.2 Å². The summed E-state index contributed by atoms with van der Waals surface area (Å²) in [6.45, 7) is 2.16. The zero-order valence-electron chi connectivity index (χ0n) is 9.98. The van der Waals surface area contributed by atoms with Crippen LogP contribution in [0.4, 0.5) is 23.7 Å². The van der Waals surface area contributed by atoms with Crippen LogP contribution in [0.15, 0.2) is 24.3 Å². The van der Waals surface area contributed by atoms with Gasteiger partial charge in [-0.3, -0.25) is 0 Å². The second-order valence-electron chi connectivity index (χ2n) is 4.28. The fourth-order valence-corrected chi connectivity index (χ4v) is 2.19. The zero-order valence-corrected chi connectivity index (χ0v) is 10.8. The van der Waals surface area contributed by atoms with Crippen molar-refractivity contribution in [2.75, 3.05) is 31.1 Å². The third kappa shape index (κ3) is 3.28. The molecule has 1 aliphatic heterocycles. The number of piperazine rings is 1. The van der Waals surface area contributed by atoms with Crippen LogP contribution in [-0.2, 0) is 18.8 Å². The highest BCUT2D eigenvalue weighted by atomic mass is 32.1. The average molecular weight is 289 g/mol. The first kappa shape index (κ1) is 13.9. The minimum absolute atomic E-state index is 0.382. The van der Waals surface area contributed by atoms with Gasteiger partial charge in [-0.1, -0.05) is 0 Å². The standard InChI is InChI=1S/C12H13F3N2OS/c13-12(14,15)9-1-3-10(4-2-9)16-5-7-17(8-6-16)11(18)19/h1-4H,5-8H2,(H,18,19)/p-1. The van der Waals surface area contributed by atoms with Gasteiger partial charge in [0, 0.05) is 31.9 Å². The van der Waals surface area contributed by atoms with E-state index in [-0.39, 0.29) is 5.24 Å². The molecule has 0 aromatic heterocycles. The number of halogens is 3. The zero-order chi connectivity index (χ0) is 14.0. The van der Waals surface area contributed by atoms with Crippen LogP contribution in [0.5, 0.6) is 0 Å². The molecule has 1 aromatic rings. The highest BCUT2D eigenvalue weighted by Gasteiger charge is 2.30. The summed E-state index contributed by atoms with van der Waals surface area (Å²) in [6, 6.07) is 5.04. The summed E-state index contributed by atoms with van der Waals surface area (Å²) in [5, 5.41) is -0.382. The molecule has 7 heteroatoms. The maximum absolute atomic E-state index is 12.4. The van der Waals surface area contributed by atoms with Crippen LogP contribution >= 0.6 is 0 Å². The predicted octanol–water partition coefficient (Wildman–Crippen LogP) is 2.49. The van der Waals surface area contributed by atoms with E-state index in [1.54, 1.807) is 4.90 Å². The number of hydrogen-bond acceptors (Lipinski definition) is 3. The Morgan fingerprint density at radius 2 is 1.58 bits per heavy atom. The van der Waals surface area contributed by atoms with E-state index in [0.29, 0.717) is 26.2 Å². The molecule has 0 aliphatic carbocycles. The van der Waals surface area contributed by atoms with Crippen molar-refractivity contribution in [3.63, 3.8) is 0 Å². The number of rotatable bonds is 1. The van der Waals surface area contributed by atoms with E-state index in [1.807, 2.05) is 4.90 Å². The fourth-order valence-electron chi connectivity index (χ4n) is 2.01. The number of alkyl halides is 3. The molecule has 3 nitrogen and oxygen atoms in total. The third-order valence-electron chi connectivity index (χ3n) is 3.10. The lowest BCUT2D eigenvalue weighted by atomic mass is 10.1. The van der Waals surface area contributed by atoms with Gasteiger partial charge in [-0.15, -0.1) is 0 Å². The number of carbonyl (C=O) groups is 1. The van der Waals surface area contributed by atoms with Crippen molar-refractivity contribution < 1.29 is 18.0 Å². The minimum Gasteiger partial charge on any atom is -0.719 e. The molecule has 0 bridgehead atoms. The third-order valence-corrected chi connectivity index (χ3v) is 3.36. The van der Waals surface area contributed by atoms with Crippen LogP contribution < -0.4 is 4.90 Å². The lowest BCUT2D eigenvalue weighted by Crippen LogP contribution is -2.47. The molecule has 0 atom stereocenters. The fraction of sp³-hybridized carbons (Fsp3) is 0.417. The number of amides is 1. The van der Waals surface area contributed by atoms with Crippen molar-refractivity contribution in [3.05, 3.63) is 29.8 Å². The van der Waals surface area contributed by atoms with Crippen molar-refractivity contribution in [2.45, 2.75) is 6.18 Å². The SMILES string of the molecule is O=C([S-])N1CCN(c2ccc(C(F)(F)F)cc2)CC1. The van der Waals surface area contributed by atoms with Gasteiger partial charge in [0.15, 0.2) is 0 Å². The first-order chi connectivity index (χ1) is 8.88. The summed E-state index contributed by atoms with van der Waals surface area (Å²) in [6.07, 6.45) is -4.31. The number of anilines is 1. The Morgan fingerprint density at radius 3 is 2.00 bits per heavy atom. The molecule has 1 fully saturated rings. The largest absolute Gasteiger partial charge is 0.719 e. The normalized spacial score (nSPS) is 16.6. The monoisotopic (exact) mass is 289 g/mol. The number of benzene rings is 1. The van der Waals surface area contributed by atoms with E-state index in [0.717, 1.165) is 17.8 Å².